The Hall–Kier alpha value is -3.95. The summed E-state index contributed by atoms with van der Waals surface area (Å²) < 4.78 is 39.1. The number of benzene rings is 1. The van der Waals surface area contributed by atoms with Gasteiger partial charge in [0.15, 0.2) is 0 Å². The van der Waals surface area contributed by atoms with E-state index in [1.54, 1.807) is 29.3 Å². The number of hydrogen-bond donors (Lipinski definition) is 2. The molecule has 1 aromatic carbocycles. The molecule has 0 bridgehead atoms. The van der Waals surface area contributed by atoms with Crippen molar-refractivity contribution in [3.05, 3.63) is 77.6 Å². The predicted octanol–water partition coefficient (Wildman–Crippen LogP) is 5.04. The number of aromatic nitrogens is 2. The van der Waals surface area contributed by atoms with Crippen LogP contribution in [0.15, 0.2) is 60.9 Å². The average Bonchev–Trinajstić information content (AvgIpc) is 2.84. The summed E-state index contributed by atoms with van der Waals surface area (Å²) in [5.41, 5.74) is 0.610. The van der Waals surface area contributed by atoms with Crippen LogP contribution in [0.4, 0.5) is 30.5 Å². The van der Waals surface area contributed by atoms with Crippen molar-refractivity contribution in [3.8, 4) is 0 Å². The van der Waals surface area contributed by atoms with Crippen molar-refractivity contribution in [3.63, 3.8) is 0 Å². The molecule has 0 spiro atoms. The van der Waals surface area contributed by atoms with Crippen LogP contribution in [0, 0.1) is 12.8 Å². The van der Waals surface area contributed by atoms with E-state index in [1.807, 2.05) is 13.0 Å². The van der Waals surface area contributed by atoms with E-state index in [0.29, 0.717) is 31.7 Å². The first kappa shape index (κ1) is 24.2. The fourth-order valence-electron chi connectivity index (χ4n) is 3.94. The minimum absolute atomic E-state index is 0.136. The molecule has 4 rings (SSSR count). The molecule has 2 aromatic heterocycles. The summed E-state index contributed by atoms with van der Waals surface area (Å²) in [5.74, 6) is -0.0235. The third-order valence-electron chi connectivity index (χ3n) is 5.81. The standard InChI is InChI=1S/C25H24F3N5O2/c1-16-7-11-29-21(14-16)32-23(34)17-8-12-33(13-9-17)24(35)20-6-3-10-30-22(20)31-19-5-2-4-18(15-19)25(26,27)28/h2-7,10-11,14-15,17H,8-9,12-13H2,1H3,(H,30,31)(H,29,32,34). The lowest BCUT2D eigenvalue weighted by Gasteiger charge is -2.31. The molecular weight excluding hydrogens is 459 g/mol. The molecule has 0 radical (unpaired) electrons. The number of carbonyl (C=O) groups is 2. The lowest BCUT2D eigenvalue weighted by Crippen LogP contribution is -2.41. The van der Waals surface area contributed by atoms with Crippen LogP contribution in [-0.4, -0.2) is 39.8 Å². The molecule has 2 amide bonds. The summed E-state index contributed by atoms with van der Waals surface area (Å²) in [5, 5.41) is 5.66. The van der Waals surface area contributed by atoms with E-state index in [0.717, 1.165) is 17.7 Å². The normalized spacial score (nSPS) is 14.5. The van der Waals surface area contributed by atoms with Crippen LogP contribution < -0.4 is 10.6 Å². The Bertz CT molecular complexity index is 1220. The van der Waals surface area contributed by atoms with Crippen molar-refractivity contribution in [2.45, 2.75) is 25.9 Å². The quantitative estimate of drug-likeness (QED) is 0.531. The number of nitrogens with one attached hydrogen (secondary N) is 2. The molecule has 0 unspecified atom stereocenters. The van der Waals surface area contributed by atoms with Gasteiger partial charge in [-0.05, 0) is 67.8 Å². The molecule has 1 aliphatic heterocycles. The van der Waals surface area contributed by atoms with Crippen LogP contribution in [-0.2, 0) is 11.0 Å². The molecule has 0 aliphatic carbocycles. The maximum Gasteiger partial charge on any atom is 0.416 e. The SMILES string of the molecule is Cc1ccnc(NC(=O)C2CCN(C(=O)c3cccnc3Nc3cccc(C(F)(F)F)c3)CC2)c1. The van der Waals surface area contributed by atoms with Gasteiger partial charge in [-0.2, -0.15) is 13.2 Å². The van der Waals surface area contributed by atoms with Crippen molar-refractivity contribution < 1.29 is 22.8 Å². The van der Waals surface area contributed by atoms with Crippen molar-refractivity contribution in [2.75, 3.05) is 23.7 Å². The lowest BCUT2D eigenvalue weighted by atomic mass is 9.95. The van der Waals surface area contributed by atoms with Crippen molar-refractivity contribution in [2.24, 2.45) is 5.92 Å². The van der Waals surface area contributed by atoms with Gasteiger partial charge in [0.25, 0.3) is 5.91 Å². The molecule has 3 heterocycles. The second kappa shape index (κ2) is 10.1. The largest absolute Gasteiger partial charge is 0.416 e. The Morgan fingerprint density at radius 1 is 1.00 bits per heavy atom. The molecule has 3 aromatic rings. The molecule has 7 nitrogen and oxygen atoms in total. The highest BCUT2D eigenvalue weighted by molar-refractivity contribution is 5.99. The number of hydrogen-bond acceptors (Lipinski definition) is 5. The molecule has 1 aliphatic rings. The predicted molar refractivity (Wildman–Crippen MR) is 125 cm³/mol. The summed E-state index contributed by atoms with van der Waals surface area (Å²) in [6.07, 6.45) is -0.416. The van der Waals surface area contributed by atoms with Gasteiger partial charge in [0, 0.05) is 37.1 Å². The Balaban J connectivity index is 1.41. The molecule has 2 N–H and O–H groups in total. The first-order chi connectivity index (χ1) is 16.7. The monoisotopic (exact) mass is 483 g/mol. The highest BCUT2D eigenvalue weighted by atomic mass is 19.4. The third-order valence-corrected chi connectivity index (χ3v) is 5.81. The van der Waals surface area contributed by atoms with Crippen LogP contribution in [0.3, 0.4) is 0 Å². The Morgan fingerprint density at radius 3 is 2.49 bits per heavy atom. The van der Waals surface area contributed by atoms with Crippen molar-refractivity contribution in [1.29, 1.82) is 0 Å². The van der Waals surface area contributed by atoms with Gasteiger partial charge >= 0.3 is 6.18 Å². The van der Waals surface area contributed by atoms with Crippen LogP contribution in [0.25, 0.3) is 0 Å². The van der Waals surface area contributed by atoms with Crippen molar-refractivity contribution >= 4 is 29.1 Å². The van der Waals surface area contributed by atoms with E-state index in [9.17, 15) is 22.8 Å². The molecular formula is C25H24F3N5O2. The lowest BCUT2D eigenvalue weighted by molar-refractivity contribution is -0.137. The van der Waals surface area contributed by atoms with Crippen LogP contribution in [0.1, 0.15) is 34.3 Å². The smallest absolute Gasteiger partial charge is 0.340 e. The summed E-state index contributed by atoms with van der Waals surface area (Å²) in [6, 6.07) is 11.5. The number of alkyl halides is 3. The van der Waals surface area contributed by atoms with Crippen LogP contribution in [0.2, 0.25) is 0 Å². The van der Waals surface area contributed by atoms with E-state index >= 15 is 0 Å². The van der Waals surface area contributed by atoms with Gasteiger partial charge in [-0.25, -0.2) is 9.97 Å². The fourth-order valence-corrected chi connectivity index (χ4v) is 3.94. The number of nitrogens with zero attached hydrogens (tertiary/aromatic N) is 3. The number of amides is 2. The number of aryl methyl sites for hydroxylation is 1. The summed E-state index contributed by atoms with van der Waals surface area (Å²) in [4.78, 5) is 35.8. The van der Waals surface area contributed by atoms with Gasteiger partial charge in [0.05, 0.1) is 11.1 Å². The van der Waals surface area contributed by atoms with Gasteiger partial charge in [-0.15, -0.1) is 0 Å². The number of pyridine rings is 2. The number of likely N-dealkylation sites (tertiary alicyclic amines) is 1. The van der Waals surface area contributed by atoms with Crippen LogP contribution in [0.5, 0.6) is 0 Å². The number of carbonyl (C=O) groups excluding carboxylic acids is 2. The molecule has 0 atom stereocenters. The second-order valence-corrected chi connectivity index (χ2v) is 8.38. The summed E-state index contributed by atoms with van der Waals surface area (Å²) in [6.45, 7) is 2.65. The van der Waals surface area contributed by atoms with Crippen molar-refractivity contribution in [1.82, 2.24) is 14.9 Å². The van der Waals surface area contributed by atoms with Gasteiger partial charge in [-0.1, -0.05) is 6.07 Å². The fraction of sp³-hybridized carbons (Fsp3) is 0.280. The first-order valence-corrected chi connectivity index (χ1v) is 11.1. The molecule has 182 valence electrons. The molecule has 0 saturated carbocycles. The zero-order valence-corrected chi connectivity index (χ0v) is 19.0. The van der Waals surface area contributed by atoms with Gasteiger partial charge in [0.2, 0.25) is 5.91 Å². The zero-order valence-electron chi connectivity index (χ0n) is 19.0. The number of halogens is 3. The third kappa shape index (κ3) is 5.95. The van der Waals surface area contributed by atoms with E-state index in [1.165, 1.54) is 18.3 Å². The Kier molecular flexibility index (Phi) is 6.99. The highest BCUT2D eigenvalue weighted by Gasteiger charge is 2.31. The minimum Gasteiger partial charge on any atom is -0.340 e. The highest BCUT2D eigenvalue weighted by Crippen LogP contribution is 2.32. The average molecular weight is 483 g/mol. The number of piperidine rings is 1. The number of rotatable bonds is 5. The molecule has 1 fully saturated rings. The summed E-state index contributed by atoms with van der Waals surface area (Å²) >= 11 is 0. The molecule has 10 heteroatoms. The summed E-state index contributed by atoms with van der Waals surface area (Å²) in [7, 11) is 0. The second-order valence-electron chi connectivity index (χ2n) is 8.38. The number of anilines is 3. The topological polar surface area (TPSA) is 87.2 Å². The maximum atomic E-state index is 13.2. The van der Waals surface area contributed by atoms with E-state index < -0.39 is 11.7 Å². The van der Waals surface area contributed by atoms with Crippen LogP contribution >= 0.6 is 0 Å². The van der Waals surface area contributed by atoms with Gasteiger partial charge in [-0.3, -0.25) is 9.59 Å². The first-order valence-electron chi connectivity index (χ1n) is 11.1. The van der Waals surface area contributed by atoms with E-state index in [4.69, 9.17) is 0 Å². The Labute approximate surface area is 200 Å². The molecule has 1 saturated heterocycles. The minimum atomic E-state index is -4.48. The van der Waals surface area contributed by atoms with E-state index in [-0.39, 0.29) is 34.8 Å². The van der Waals surface area contributed by atoms with E-state index in [2.05, 4.69) is 20.6 Å². The Morgan fingerprint density at radius 2 is 1.77 bits per heavy atom. The van der Waals surface area contributed by atoms with Gasteiger partial charge < -0.3 is 15.5 Å². The zero-order chi connectivity index (χ0) is 25.0. The molecule has 35 heavy (non-hydrogen) atoms. The maximum absolute atomic E-state index is 13.2. The van der Waals surface area contributed by atoms with Gasteiger partial charge in [0.1, 0.15) is 11.6 Å².